The van der Waals surface area contributed by atoms with Crippen LogP contribution in [0.2, 0.25) is 0 Å². The van der Waals surface area contributed by atoms with E-state index >= 15 is 0 Å². The Morgan fingerprint density at radius 3 is 2.35 bits per heavy atom. The first-order valence-corrected chi connectivity index (χ1v) is 7.34. The molecule has 0 radical (unpaired) electrons. The van der Waals surface area contributed by atoms with E-state index in [2.05, 4.69) is 17.0 Å². The highest BCUT2D eigenvalue weighted by molar-refractivity contribution is 7.90. The second kappa shape index (κ2) is 6.85. The van der Waals surface area contributed by atoms with Crippen molar-refractivity contribution in [1.82, 2.24) is 4.72 Å². The number of benzene rings is 1. The molecule has 1 aliphatic carbocycles. The number of nitrogens with one attached hydrogen (secondary N) is 1. The van der Waals surface area contributed by atoms with Crippen LogP contribution in [0.3, 0.4) is 0 Å². The number of hydrogen-bond acceptors (Lipinski definition) is 4. The van der Waals surface area contributed by atoms with Crippen LogP contribution in [0.15, 0.2) is 47.9 Å². The summed E-state index contributed by atoms with van der Waals surface area (Å²) in [7, 11) is -3.73. The second-order valence-electron chi connectivity index (χ2n) is 4.16. The summed E-state index contributed by atoms with van der Waals surface area (Å²) < 4.78 is 25.7. The molecule has 2 atom stereocenters. The number of nitrogens with two attached hydrogens (primary N) is 1. The van der Waals surface area contributed by atoms with Crippen LogP contribution in [0, 0.1) is 11.8 Å². The number of primary amides is 1. The van der Waals surface area contributed by atoms with E-state index in [1.54, 1.807) is 24.3 Å². The average molecular weight is 296 g/mol. The molecule has 6 nitrogen and oxygen atoms in total. The minimum absolute atomic E-state index is 0.101. The van der Waals surface area contributed by atoms with Crippen LogP contribution in [0.1, 0.15) is 6.42 Å². The maximum Gasteiger partial charge on any atom is 0.264 e. The molecule has 1 aliphatic rings. The zero-order chi connectivity index (χ0) is 15.2. The molecule has 0 bridgehead atoms. The summed E-state index contributed by atoms with van der Waals surface area (Å²) in [5.74, 6) is -0.578. The van der Waals surface area contributed by atoms with Crippen LogP contribution in [-0.4, -0.2) is 20.7 Å². The lowest BCUT2D eigenvalue weighted by molar-refractivity contribution is -0.120. The van der Waals surface area contributed by atoms with Crippen molar-refractivity contribution in [3.05, 3.63) is 43.0 Å². The van der Waals surface area contributed by atoms with Crippen molar-refractivity contribution in [3.63, 3.8) is 0 Å². The Bertz CT molecular complexity index is 584. The van der Waals surface area contributed by atoms with Gasteiger partial charge in [0, 0.05) is 5.92 Å². The van der Waals surface area contributed by atoms with Gasteiger partial charge >= 0.3 is 0 Å². The van der Waals surface area contributed by atoms with E-state index in [4.69, 9.17) is 4.79 Å². The SMILES string of the molecule is C=C[C@@H]1C[C@@H]1C(=O)NS(=O)(=O)c1ccccc1.NC=O. The van der Waals surface area contributed by atoms with E-state index in [0.717, 1.165) is 0 Å². The highest BCUT2D eigenvalue weighted by atomic mass is 32.2. The molecule has 2 rings (SSSR count). The molecule has 0 aromatic heterocycles. The number of amides is 2. The molecule has 1 saturated carbocycles. The quantitative estimate of drug-likeness (QED) is 0.620. The molecule has 1 fully saturated rings. The van der Waals surface area contributed by atoms with E-state index in [1.807, 2.05) is 0 Å². The summed E-state index contributed by atoms with van der Waals surface area (Å²) in [5, 5.41) is 0. The van der Waals surface area contributed by atoms with E-state index in [9.17, 15) is 13.2 Å². The number of rotatable bonds is 4. The highest BCUT2D eigenvalue weighted by Gasteiger charge is 2.42. The fourth-order valence-corrected chi connectivity index (χ4v) is 2.69. The van der Waals surface area contributed by atoms with Gasteiger partial charge in [-0.3, -0.25) is 9.59 Å². The fourth-order valence-electron chi connectivity index (χ4n) is 1.64. The maximum absolute atomic E-state index is 11.8. The lowest BCUT2D eigenvalue weighted by atomic mass is 10.3. The van der Waals surface area contributed by atoms with Gasteiger partial charge in [0.2, 0.25) is 12.3 Å². The van der Waals surface area contributed by atoms with Gasteiger partial charge in [-0.1, -0.05) is 24.3 Å². The number of allylic oxidation sites excluding steroid dienone is 1. The first-order chi connectivity index (χ1) is 9.46. The van der Waals surface area contributed by atoms with Crippen LogP contribution in [0.4, 0.5) is 0 Å². The van der Waals surface area contributed by atoms with Gasteiger partial charge in [0.1, 0.15) is 0 Å². The van der Waals surface area contributed by atoms with Crippen molar-refractivity contribution in [3.8, 4) is 0 Å². The monoisotopic (exact) mass is 296 g/mol. The zero-order valence-corrected chi connectivity index (χ0v) is 11.5. The average Bonchev–Trinajstić information content (AvgIpc) is 3.20. The van der Waals surface area contributed by atoms with Gasteiger partial charge in [-0.15, -0.1) is 6.58 Å². The summed E-state index contributed by atoms with van der Waals surface area (Å²) in [6, 6.07) is 7.85. The van der Waals surface area contributed by atoms with Gasteiger partial charge in [-0.05, 0) is 24.5 Å². The first kappa shape index (κ1) is 15.9. The zero-order valence-electron chi connectivity index (χ0n) is 10.7. The van der Waals surface area contributed by atoms with E-state index in [-0.39, 0.29) is 23.1 Å². The third-order valence-electron chi connectivity index (χ3n) is 2.77. The smallest absolute Gasteiger partial charge is 0.264 e. The molecule has 1 aromatic carbocycles. The summed E-state index contributed by atoms with van der Waals surface area (Å²) in [4.78, 5) is 20.3. The van der Waals surface area contributed by atoms with E-state index < -0.39 is 15.9 Å². The van der Waals surface area contributed by atoms with E-state index in [0.29, 0.717) is 6.42 Å². The van der Waals surface area contributed by atoms with Gasteiger partial charge in [0.15, 0.2) is 0 Å². The third-order valence-corrected chi connectivity index (χ3v) is 4.13. The topological polar surface area (TPSA) is 106 Å². The summed E-state index contributed by atoms with van der Waals surface area (Å²) in [5.41, 5.74) is 4.17. The molecule has 3 N–H and O–H groups in total. The van der Waals surface area contributed by atoms with Gasteiger partial charge in [-0.25, -0.2) is 13.1 Å². The van der Waals surface area contributed by atoms with Crippen molar-refractivity contribution in [2.75, 3.05) is 0 Å². The van der Waals surface area contributed by atoms with Crippen LogP contribution in [-0.2, 0) is 19.6 Å². The Hall–Kier alpha value is -2.15. The van der Waals surface area contributed by atoms with Crippen LogP contribution in [0.25, 0.3) is 0 Å². The molecule has 2 amide bonds. The summed E-state index contributed by atoms with van der Waals surface area (Å²) in [6.45, 7) is 3.58. The third kappa shape index (κ3) is 4.20. The van der Waals surface area contributed by atoms with E-state index in [1.165, 1.54) is 12.1 Å². The Morgan fingerprint density at radius 1 is 1.35 bits per heavy atom. The number of hydrogen-bond donors (Lipinski definition) is 2. The highest BCUT2D eigenvalue weighted by Crippen LogP contribution is 2.39. The van der Waals surface area contributed by atoms with Crippen molar-refractivity contribution >= 4 is 22.3 Å². The standard InChI is InChI=1S/C12H13NO3S.CH3NO/c1-2-9-8-11(9)12(14)13-17(15,16)10-6-4-3-5-7-10;2-1-3/h2-7,9,11H,1,8H2,(H,13,14);1H,(H2,2,3)/t9-,11+;/m1./s1. The fraction of sp³-hybridized carbons (Fsp3) is 0.231. The predicted molar refractivity (Wildman–Crippen MR) is 73.8 cm³/mol. The lowest BCUT2D eigenvalue weighted by Crippen LogP contribution is -2.32. The molecular formula is C13H16N2O4S. The normalized spacial score (nSPS) is 20.0. The molecule has 20 heavy (non-hydrogen) atoms. The molecule has 1 aromatic rings. The largest absolute Gasteiger partial charge is 0.372 e. The molecule has 108 valence electrons. The Balaban J connectivity index is 0.000000612. The first-order valence-electron chi connectivity index (χ1n) is 5.86. The lowest BCUT2D eigenvalue weighted by Gasteiger charge is -2.05. The van der Waals surface area contributed by atoms with Gasteiger partial charge in [-0.2, -0.15) is 0 Å². The molecule has 0 saturated heterocycles. The summed E-state index contributed by atoms with van der Waals surface area (Å²) >= 11 is 0. The molecular weight excluding hydrogens is 280 g/mol. The maximum atomic E-state index is 11.8. The molecule has 7 heteroatoms. The van der Waals surface area contributed by atoms with Crippen LogP contribution in [0.5, 0.6) is 0 Å². The second-order valence-corrected chi connectivity index (χ2v) is 5.84. The minimum atomic E-state index is -3.73. The molecule has 0 unspecified atom stereocenters. The Kier molecular flexibility index (Phi) is 5.45. The predicted octanol–water partition coefficient (Wildman–Crippen LogP) is 0.415. The van der Waals surface area contributed by atoms with Crippen molar-refractivity contribution in [1.29, 1.82) is 0 Å². The minimum Gasteiger partial charge on any atom is -0.372 e. The van der Waals surface area contributed by atoms with Crippen molar-refractivity contribution in [2.45, 2.75) is 11.3 Å². The summed E-state index contributed by atoms with van der Waals surface area (Å²) in [6.07, 6.45) is 2.61. The van der Waals surface area contributed by atoms with Gasteiger partial charge in [0.05, 0.1) is 4.90 Å². The number of sulfonamides is 1. The number of carbonyl (C=O) groups is 2. The molecule has 0 heterocycles. The van der Waals surface area contributed by atoms with Crippen LogP contribution < -0.4 is 10.5 Å². The van der Waals surface area contributed by atoms with Gasteiger partial charge < -0.3 is 5.73 Å². The molecule has 0 aliphatic heterocycles. The van der Waals surface area contributed by atoms with Crippen molar-refractivity contribution in [2.24, 2.45) is 17.6 Å². The van der Waals surface area contributed by atoms with Gasteiger partial charge in [0.25, 0.3) is 10.0 Å². The van der Waals surface area contributed by atoms with Crippen LogP contribution >= 0.6 is 0 Å². The van der Waals surface area contributed by atoms with Crippen molar-refractivity contribution < 1.29 is 18.0 Å². The Morgan fingerprint density at radius 2 is 1.90 bits per heavy atom. The Labute approximate surface area is 117 Å². The molecule has 0 spiro atoms. The number of carbonyl (C=O) groups excluding carboxylic acids is 2.